The van der Waals surface area contributed by atoms with E-state index in [1.54, 1.807) is 19.1 Å². The van der Waals surface area contributed by atoms with E-state index in [0.29, 0.717) is 18.2 Å². The van der Waals surface area contributed by atoms with Crippen LogP contribution in [0, 0.1) is 0 Å². The number of hydrogen-bond donors (Lipinski definition) is 1. The zero-order chi connectivity index (χ0) is 14.4. The van der Waals surface area contributed by atoms with Gasteiger partial charge in [-0.2, -0.15) is 0 Å². The summed E-state index contributed by atoms with van der Waals surface area (Å²) in [5.74, 6) is -0.287. The van der Waals surface area contributed by atoms with Crippen molar-refractivity contribution in [3.63, 3.8) is 0 Å². The smallest absolute Gasteiger partial charge is 0.338 e. The number of ether oxygens (including phenoxy) is 1. The molecule has 20 heavy (non-hydrogen) atoms. The molecule has 108 valence electrons. The summed E-state index contributed by atoms with van der Waals surface area (Å²) in [5, 5.41) is 3.42. The number of rotatable bonds is 4. The predicted octanol–water partition coefficient (Wildman–Crippen LogP) is 3.46. The largest absolute Gasteiger partial charge is 0.462 e. The van der Waals surface area contributed by atoms with Gasteiger partial charge in [0.1, 0.15) is 4.99 Å². The maximum atomic E-state index is 11.6. The van der Waals surface area contributed by atoms with Crippen LogP contribution in [0.2, 0.25) is 0 Å². The Kier molecular flexibility index (Phi) is 5.53. The van der Waals surface area contributed by atoms with E-state index in [0.717, 1.165) is 10.6 Å². The fourth-order valence-corrected chi connectivity index (χ4v) is 2.79. The van der Waals surface area contributed by atoms with E-state index < -0.39 is 0 Å². The Bertz CT molecular complexity index is 464. The molecule has 2 rings (SSSR count). The van der Waals surface area contributed by atoms with E-state index in [1.165, 1.54) is 32.1 Å². The van der Waals surface area contributed by atoms with Crippen LogP contribution in [0.1, 0.15) is 54.9 Å². The molecule has 1 aromatic carbocycles. The molecule has 0 heterocycles. The summed E-state index contributed by atoms with van der Waals surface area (Å²) in [4.78, 5) is 12.3. The highest BCUT2D eigenvalue weighted by molar-refractivity contribution is 7.80. The third kappa shape index (κ3) is 4.04. The number of nitrogens with one attached hydrogen (secondary N) is 1. The molecule has 0 aliphatic heterocycles. The van der Waals surface area contributed by atoms with Gasteiger partial charge in [0.2, 0.25) is 0 Å². The molecular weight excluding hydrogens is 270 g/mol. The second-order valence-corrected chi connectivity index (χ2v) is 5.51. The van der Waals surface area contributed by atoms with E-state index in [-0.39, 0.29) is 5.97 Å². The number of esters is 1. The van der Waals surface area contributed by atoms with Crippen molar-refractivity contribution in [1.82, 2.24) is 5.32 Å². The van der Waals surface area contributed by atoms with Crippen molar-refractivity contribution in [3.05, 3.63) is 35.4 Å². The highest BCUT2D eigenvalue weighted by atomic mass is 32.1. The molecule has 0 amide bonds. The van der Waals surface area contributed by atoms with Crippen LogP contribution in [-0.4, -0.2) is 23.6 Å². The van der Waals surface area contributed by atoms with Gasteiger partial charge >= 0.3 is 5.97 Å². The molecule has 1 fully saturated rings. The maximum absolute atomic E-state index is 11.6. The second-order valence-electron chi connectivity index (χ2n) is 5.11. The summed E-state index contributed by atoms with van der Waals surface area (Å²) in [7, 11) is 0. The Morgan fingerprint density at radius 2 is 1.80 bits per heavy atom. The molecule has 3 nitrogen and oxygen atoms in total. The maximum Gasteiger partial charge on any atom is 0.338 e. The predicted molar refractivity (Wildman–Crippen MR) is 84.1 cm³/mol. The first kappa shape index (κ1) is 15.0. The van der Waals surface area contributed by atoms with Crippen molar-refractivity contribution in [2.45, 2.75) is 45.1 Å². The summed E-state index contributed by atoms with van der Waals surface area (Å²) in [6, 6.07) is 7.79. The topological polar surface area (TPSA) is 38.3 Å². The number of carbonyl (C=O) groups is 1. The highest BCUT2D eigenvalue weighted by Gasteiger charge is 2.15. The molecule has 0 atom stereocenters. The van der Waals surface area contributed by atoms with Gasteiger partial charge in [-0.25, -0.2) is 4.79 Å². The molecule has 1 aromatic rings. The van der Waals surface area contributed by atoms with Crippen molar-refractivity contribution < 1.29 is 9.53 Å². The zero-order valence-electron chi connectivity index (χ0n) is 11.9. The van der Waals surface area contributed by atoms with E-state index in [4.69, 9.17) is 17.0 Å². The first-order valence-corrected chi connectivity index (χ1v) is 7.69. The summed E-state index contributed by atoms with van der Waals surface area (Å²) in [5.41, 5.74) is 1.52. The van der Waals surface area contributed by atoms with E-state index in [9.17, 15) is 4.79 Å². The number of thiocarbonyl (C=S) groups is 1. The SMILES string of the molecule is CCOC(=O)c1ccc(C(=S)NC2CCCCC2)cc1. The fourth-order valence-electron chi connectivity index (χ4n) is 2.49. The molecule has 0 aromatic heterocycles. The monoisotopic (exact) mass is 291 g/mol. The molecular formula is C16H21NO2S. The molecule has 1 aliphatic rings. The van der Waals surface area contributed by atoms with Crippen LogP contribution in [0.4, 0.5) is 0 Å². The number of benzene rings is 1. The molecule has 4 heteroatoms. The third-order valence-corrected chi connectivity index (χ3v) is 3.95. The lowest BCUT2D eigenvalue weighted by atomic mass is 9.95. The van der Waals surface area contributed by atoms with Gasteiger partial charge in [-0.15, -0.1) is 0 Å². The van der Waals surface area contributed by atoms with Crippen molar-refractivity contribution >= 4 is 23.2 Å². The molecule has 0 spiro atoms. The summed E-state index contributed by atoms with van der Waals surface area (Å²) >= 11 is 5.43. The first-order chi connectivity index (χ1) is 9.70. The van der Waals surface area contributed by atoms with Gasteiger partial charge in [0, 0.05) is 11.6 Å². The molecule has 0 saturated heterocycles. The Labute approximate surface area is 125 Å². The van der Waals surface area contributed by atoms with Gasteiger partial charge in [0.15, 0.2) is 0 Å². The first-order valence-electron chi connectivity index (χ1n) is 7.28. The minimum Gasteiger partial charge on any atom is -0.462 e. The van der Waals surface area contributed by atoms with Crippen LogP contribution >= 0.6 is 12.2 Å². The van der Waals surface area contributed by atoms with E-state index in [1.807, 2.05) is 12.1 Å². The van der Waals surface area contributed by atoms with Crippen molar-refractivity contribution in [1.29, 1.82) is 0 Å². The van der Waals surface area contributed by atoms with Crippen molar-refractivity contribution in [2.24, 2.45) is 0 Å². The van der Waals surface area contributed by atoms with Gasteiger partial charge in [-0.3, -0.25) is 0 Å². The Balaban J connectivity index is 1.94. The van der Waals surface area contributed by atoms with E-state index >= 15 is 0 Å². The second kappa shape index (κ2) is 7.39. The molecule has 0 bridgehead atoms. The van der Waals surface area contributed by atoms with Gasteiger partial charge < -0.3 is 10.1 Å². The molecule has 1 N–H and O–H groups in total. The van der Waals surface area contributed by atoms with Crippen LogP contribution in [-0.2, 0) is 4.74 Å². The molecule has 0 radical (unpaired) electrons. The Morgan fingerprint density at radius 3 is 2.40 bits per heavy atom. The van der Waals surface area contributed by atoms with Crippen LogP contribution in [0.3, 0.4) is 0 Å². The Morgan fingerprint density at radius 1 is 1.20 bits per heavy atom. The summed E-state index contributed by atoms with van der Waals surface area (Å²) in [6.07, 6.45) is 6.28. The number of carbonyl (C=O) groups excluding carboxylic acids is 1. The highest BCUT2D eigenvalue weighted by Crippen LogP contribution is 2.18. The Hall–Kier alpha value is -1.42. The van der Waals surface area contributed by atoms with Gasteiger partial charge in [-0.1, -0.05) is 43.6 Å². The normalized spacial score (nSPS) is 15.7. The zero-order valence-corrected chi connectivity index (χ0v) is 12.7. The van der Waals surface area contributed by atoms with Crippen molar-refractivity contribution in [3.8, 4) is 0 Å². The molecule has 0 unspecified atom stereocenters. The molecule has 1 saturated carbocycles. The van der Waals surface area contributed by atoms with Crippen molar-refractivity contribution in [2.75, 3.05) is 6.61 Å². The van der Waals surface area contributed by atoms with Crippen LogP contribution in [0.15, 0.2) is 24.3 Å². The van der Waals surface area contributed by atoms with Crippen LogP contribution in [0.5, 0.6) is 0 Å². The minimum atomic E-state index is -0.287. The lowest BCUT2D eigenvalue weighted by molar-refractivity contribution is 0.0526. The van der Waals surface area contributed by atoms with E-state index in [2.05, 4.69) is 5.32 Å². The minimum absolute atomic E-state index is 0.287. The van der Waals surface area contributed by atoms with Gasteiger partial charge in [0.05, 0.1) is 12.2 Å². The summed E-state index contributed by atoms with van der Waals surface area (Å²) < 4.78 is 4.96. The number of hydrogen-bond acceptors (Lipinski definition) is 3. The molecule has 1 aliphatic carbocycles. The van der Waals surface area contributed by atoms with Crippen LogP contribution < -0.4 is 5.32 Å². The lowest BCUT2D eigenvalue weighted by Crippen LogP contribution is -2.35. The average Bonchev–Trinajstić information content (AvgIpc) is 2.48. The standard InChI is InChI=1S/C16H21NO2S/c1-2-19-16(18)13-10-8-12(9-11-13)15(20)17-14-6-4-3-5-7-14/h8-11,14H,2-7H2,1H3,(H,17,20). The third-order valence-electron chi connectivity index (χ3n) is 3.60. The van der Waals surface area contributed by atoms with Gasteiger partial charge in [0.25, 0.3) is 0 Å². The average molecular weight is 291 g/mol. The lowest BCUT2D eigenvalue weighted by Gasteiger charge is -2.24. The fraction of sp³-hybridized carbons (Fsp3) is 0.500. The quantitative estimate of drug-likeness (QED) is 0.681. The summed E-state index contributed by atoms with van der Waals surface area (Å²) in [6.45, 7) is 2.19. The van der Waals surface area contributed by atoms with Gasteiger partial charge in [-0.05, 0) is 31.9 Å². The van der Waals surface area contributed by atoms with Crippen LogP contribution in [0.25, 0.3) is 0 Å².